The van der Waals surface area contributed by atoms with Crippen LogP contribution in [0.3, 0.4) is 0 Å². The van der Waals surface area contributed by atoms with Crippen molar-refractivity contribution in [2.75, 3.05) is 18.4 Å². The van der Waals surface area contributed by atoms with Gasteiger partial charge in [-0.3, -0.25) is 15.1 Å². The van der Waals surface area contributed by atoms with Crippen LogP contribution in [0, 0.1) is 12.7 Å². The first-order chi connectivity index (χ1) is 19.2. The van der Waals surface area contributed by atoms with Gasteiger partial charge < -0.3 is 20.8 Å². The molecule has 1 unspecified atom stereocenters. The zero-order valence-corrected chi connectivity index (χ0v) is 23.3. The predicted octanol–water partition coefficient (Wildman–Crippen LogP) is 5.22. The molecule has 1 atom stereocenters. The number of anilines is 1. The van der Waals surface area contributed by atoms with Crippen LogP contribution in [0.15, 0.2) is 67.8 Å². The molecule has 40 heavy (non-hydrogen) atoms. The fraction of sp³-hybridized carbons (Fsp3) is 0.286. The van der Waals surface area contributed by atoms with Gasteiger partial charge in [0.2, 0.25) is 11.9 Å². The topological polar surface area (TPSA) is 130 Å². The molecule has 9 nitrogen and oxygen atoms in total. The lowest BCUT2D eigenvalue weighted by molar-refractivity contribution is -0.117. The summed E-state index contributed by atoms with van der Waals surface area (Å²) in [6.45, 7) is 7.18. The quantitative estimate of drug-likeness (QED) is 0.275. The molecule has 1 aliphatic heterocycles. The van der Waals surface area contributed by atoms with Crippen LogP contribution >= 0.6 is 11.6 Å². The number of nitrogens with zero attached hydrogens (tertiary/aromatic N) is 3. The van der Waals surface area contributed by atoms with E-state index in [0.29, 0.717) is 39.4 Å². The average Bonchev–Trinajstić information content (AvgIpc) is 3.31. The number of hydrogen-bond acceptors (Lipinski definition) is 8. The third-order valence-corrected chi connectivity index (χ3v) is 6.65. The van der Waals surface area contributed by atoms with Gasteiger partial charge in [0.15, 0.2) is 5.58 Å². The van der Waals surface area contributed by atoms with E-state index in [0.717, 1.165) is 11.8 Å². The van der Waals surface area contributed by atoms with Crippen LogP contribution in [0.1, 0.15) is 43.5 Å². The van der Waals surface area contributed by atoms with Crippen LogP contribution in [0.2, 0.25) is 5.02 Å². The van der Waals surface area contributed by atoms with Gasteiger partial charge in [-0.2, -0.15) is 9.37 Å². The van der Waals surface area contributed by atoms with E-state index in [4.69, 9.17) is 26.7 Å². The Morgan fingerprint density at radius 3 is 2.73 bits per heavy atom. The summed E-state index contributed by atoms with van der Waals surface area (Å²) in [6.07, 6.45) is 1.50. The van der Waals surface area contributed by atoms with Gasteiger partial charge in [0.25, 0.3) is 5.91 Å². The van der Waals surface area contributed by atoms with Crippen molar-refractivity contribution in [3.63, 3.8) is 0 Å². The minimum absolute atomic E-state index is 0.0480. The standard InChI is InChI=1S/C28H30ClF2N7O2/c1-5-17-20(30)9-10-21-24(17)40-28(36-21)38-27-35-15(4)22(23(37-27)18-8-7-14(3)11-19(18)29)26(39)34-13-16(12-32)25(31)33-6-2/h7-12,23H,5-6,13,32H2,1-4H3,(H,34,39)(H2,35,36,37,38). The molecule has 2 heterocycles. The van der Waals surface area contributed by atoms with Crippen molar-refractivity contribution in [2.45, 2.75) is 40.2 Å². The largest absolute Gasteiger partial charge is 0.423 e. The second kappa shape index (κ2) is 12.3. The SMILES string of the molecule is CCN=C(F)C(=CN)CNC(=O)C1=C(C)NC(Nc2nc3ccc(F)c(CC)c3o2)=NC1c1ccc(C)cc1Cl. The molecule has 0 radical (unpaired) electrons. The monoisotopic (exact) mass is 569 g/mol. The zero-order valence-electron chi connectivity index (χ0n) is 22.5. The molecular weight excluding hydrogens is 540 g/mol. The van der Waals surface area contributed by atoms with Crippen molar-refractivity contribution in [1.29, 1.82) is 0 Å². The minimum atomic E-state index is -0.829. The van der Waals surface area contributed by atoms with Gasteiger partial charge in [0, 0.05) is 46.7 Å². The van der Waals surface area contributed by atoms with E-state index in [-0.39, 0.29) is 42.0 Å². The number of carbonyl (C=O) groups is 1. The van der Waals surface area contributed by atoms with Crippen LogP contribution < -0.4 is 21.7 Å². The number of nitrogens with one attached hydrogen (secondary N) is 3. The summed E-state index contributed by atoms with van der Waals surface area (Å²) >= 11 is 6.59. The minimum Gasteiger partial charge on any atom is -0.423 e. The molecule has 4 rings (SSSR count). The molecule has 0 saturated carbocycles. The predicted molar refractivity (Wildman–Crippen MR) is 154 cm³/mol. The van der Waals surface area contributed by atoms with Gasteiger partial charge in [0.1, 0.15) is 17.4 Å². The Labute approximate surface area is 235 Å². The smallest absolute Gasteiger partial charge is 0.302 e. The lowest BCUT2D eigenvalue weighted by Gasteiger charge is -2.27. The molecular formula is C28H30ClF2N7O2. The van der Waals surface area contributed by atoms with Crippen LogP contribution in [0.5, 0.6) is 0 Å². The van der Waals surface area contributed by atoms with E-state index in [1.54, 1.807) is 26.0 Å². The number of fused-ring (bicyclic) bond motifs is 1. The highest BCUT2D eigenvalue weighted by Gasteiger charge is 2.31. The number of benzene rings is 2. The summed E-state index contributed by atoms with van der Waals surface area (Å²) in [4.78, 5) is 26.2. The first kappa shape index (κ1) is 28.8. The lowest BCUT2D eigenvalue weighted by atomic mass is 9.95. The van der Waals surface area contributed by atoms with Gasteiger partial charge in [-0.25, -0.2) is 9.38 Å². The Balaban J connectivity index is 1.67. The molecule has 210 valence electrons. The molecule has 0 bridgehead atoms. The number of halogens is 3. The third kappa shape index (κ3) is 5.99. The summed E-state index contributed by atoms with van der Waals surface area (Å²) in [6, 6.07) is 7.59. The Bertz CT molecular complexity index is 1580. The number of aromatic nitrogens is 1. The number of rotatable bonds is 8. The van der Waals surface area contributed by atoms with Crippen LogP contribution in [0.25, 0.3) is 11.1 Å². The number of carbonyl (C=O) groups excluding carboxylic acids is 1. The average molecular weight is 570 g/mol. The summed E-state index contributed by atoms with van der Waals surface area (Å²) in [7, 11) is 0. The molecule has 0 saturated heterocycles. The van der Waals surface area contributed by atoms with Crippen molar-refractivity contribution in [3.8, 4) is 0 Å². The maximum absolute atomic E-state index is 14.2. The maximum Gasteiger partial charge on any atom is 0.302 e. The molecule has 5 N–H and O–H groups in total. The van der Waals surface area contributed by atoms with E-state index in [2.05, 4.69) is 25.9 Å². The fourth-order valence-electron chi connectivity index (χ4n) is 4.33. The van der Waals surface area contributed by atoms with E-state index in [1.165, 1.54) is 12.1 Å². The highest BCUT2D eigenvalue weighted by molar-refractivity contribution is 6.31. The number of oxazole rings is 1. The molecule has 1 aliphatic rings. The van der Waals surface area contributed by atoms with Gasteiger partial charge in [-0.05, 0) is 51.0 Å². The lowest BCUT2D eigenvalue weighted by Crippen LogP contribution is -2.39. The second-order valence-corrected chi connectivity index (χ2v) is 9.49. The summed E-state index contributed by atoms with van der Waals surface area (Å²) < 4.78 is 34.3. The first-order valence-corrected chi connectivity index (χ1v) is 13.1. The van der Waals surface area contributed by atoms with Gasteiger partial charge >= 0.3 is 6.01 Å². The van der Waals surface area contributed by atoms with Crippen molar-refractivity contribution in [3.05, 3.63) is 80.9 Å². The number of allylic oxidation sites excluding steroid dienone is 1. The Morgan fingerprint density at radius 1 is 1.27 bits per heavy atom. The highest BCUT2D eigenvalue weighted by Crippen LogP contribution is 2.35. The van der Waals surface area contributed by atoms with Crippen molar-refractivity contribution in [2.24, 2.45) is 15.7 Å². The molecule has 1 amide bonds. The summed E-state index contributed by atoms with van der Waals surface area (Å²) in [5.41, 5.74) is 9.11. The molecule has 0 spiro atoms. The van der Waals surface area contributed by atoms with Crippen LogP contribution in [-0.4, -0.2) is 35.9 Å². The van der Waals surface area contributed by atoms with E-state index >= 15 is 0 Å². The van der Waals surface area contributed by atoms with Crippen molar-refractivity contribution < 1.29 is 18.0 Å². The highest BCUT2D eigenvalue weighted by atomic mass is 35.5. The van der Waals surface area contributed by atoms with Gasteiger partial charge in [0.05, 0.1) is 5.57 Å². The molecule has 1 aromatic heterocycles. The first-order valence-electron chi connectivity index (χ1n) is 12.7. The summed E-state index contributed by atoms with van der Waals surface area (Å²) in [5, 5.41) is 9.16. The van der Waals surface area contributed by atoms with Gasteiger partial charge in [-0.15, -0.1) is 0 Å². The van der Waals surface area contributed by atoms with Crippen LogP contribution in [-0.2, 0) is 11.2 Å². The van der Waals surface area contributed by atoms with Crippen molar-refractivity contribution >= 4 is 46.5 Å². The Hall–Kier alpha value is -4.25. The maximum atomic E-state index is 14.2. The molecule has 0 aliphatic carbocycles. The molecule has 12 heteroatoms. The van der Waals surface area contributed by atoms with E-state index in [9.17, 15) is 13.6 Å². The van der Waals surface area contributed by atoms with Crippen molar-refractivity contribution in [1.82, 2.24) is 15.6 Å². The molecule has 3 aromatic rings. The number of hydrogen-bond donors (Lipinski definition) is 4. The zero-order chi connectivity index (χ0) is 29.0. The normalized spacial score (nSPS) is 16.2. The second-order valence-electron chi connectivity index (χ2n) is 9.08. The molecule has 2 aromatic carbocycles. The van der Waals surface area contributed by atoms with Gasteiger partial charge in [-0.1, -0.05) is 30.7 Å². The number of guanidine groups is 1. The summed E-state index contributed by atoms with van der Waals surface area (Å²) in [5.74, 6) is -1.37. The fourth-order valence-corrected chi connectivity index (χ4v) is 4.67. The Morgan fingerprint density at radius 2 is 2.05 bits per heavy atom. The number of amides is 1. The van der Waals surface area contributed by atoms with E-state index < -0.39 is 17.9 Å². The number of nitrogens with two attached hydrogens (primary N) is 1. The number of aryl methyl sites for hydroxylation is 2. The van der Waals surface area contributed by atoms with Crippen LogP contribution in [0.4, 0.5) is 14.8 Å². The number of aliphatic imine (C=N–C) groups is 2. The Kier molecular flexibility index (Phi) is 8.83. The third-order valence-electron chi connectivity index (χ3n) is 6.32. The molecule has 0 fully saturated rings. The van der Waals surface area contributed by atoms with E-state index in [1.807, 2.05) is 19.9 Å².